The number of nitrogens with zero attached hydrogens (tertiary/aromatic N) is 2. The first kappa shape index (κ1) is 26.9. The van der Waals surface area contributed by atoms with Crippen LogP contribution >= 0.6 is 0 Å². The Hall–Kier alpha value is -3.72. The number of hydrogen-bond donors (Lipinski definition) is 1. The van der Waals surface area contributed by atoms with E-state index in [1.54, 1.807) is 56.3 Å². The number of anilines is 1. The number of likely N-dealkylation sites (N-methyl/N-ethyl adjacent to an activating group) is 1. The predicted molar refractivity (Wildman–Crippen MR) is 137 cm³/mol. The fourth-order valence-corrected chi connectivity index (χ4v) is 5.07. The van der Waals surface area contributed by atoms with Gasteiger partial charge in [-0.1, -0.05) is 48.0 Å². The molecule has 190 valence electrons. The van der Waals surface area contributed by atoms with Gasteiger partial charge in [-0.15, -0.1) is 0 Å². The summed E-state index contributed by atoms with van der Waals surface area (Å²) in [5.41, 5.74) is 1.82. The maximum absolute atomic E-state index is 13.6. The van der Waals surface area contributed by atoms with Crippen LogP contribution in [0.2, 0.25) is 0 Å². The first-order valence-corrected chi connectivity index (χ1v) is 13.0. The third kappa shape index (κ3) is 6.48. The second kappa shape index (κ2) is 11.8. The van der Waals surface area contributed by atoms with Gasteiger partial charge in [0.15, 0.2) is 0 Å². The van der Waals surface area contributed by atoms with Crippen LogP contribution in [-0.4, -0.2) is 44.3 Å². The normalized spacial score (nSPS) is 12.0. The topological polar surface area (TPSA) is 86.8 Å². The van der Waals surface area contributed by atoms with Crippen molar-refractivity contribution in [3.8, 4) is 0 Å². The van der Waals surface area contributed by atoms with E-state index in [1.807, 2.05) is 6.92 Å². The Morgan fingerprint density at radius 1 is 0.944 bits per heavy atom. The maximum atomic E-state index is 13.6. The van der Waals surface area contributed by atoms with E-state index in [0.717, 1.165) is 9.87 Å². The molecule has 0 bridgehead atoms. The molecule has 3 rings (SSSR count). The highest BCUT2D eigenvalue weighted by Crippen LogP contribution is 2.24. The Morgan fingerprint density at radius 2 is 1.56 bits per heavy atom. The zero-order valence-electron chi connectivity index (χ0n) is 20.5. The molecule has 0 aliphatic heterocycles. The van der Waals surface area contributed by atoms with Gasteiger partial charge in [0, 0.05) is 13.1 Å². The second-order valence-corrected chi connectivity index (χ2v) is 10.2. The van der Waals surface area contributed by atoms with Gasteiger partial charge in [-0.05, 0) is 62.7 Å². The Morgan fingerprint density at radius 3 is 2.14 bits per heavy atom. The molecule has 36 heavy (non-hydrogen) atoms. The molecule has 0 fully saturated rings. The lowest BCUT2D eigenvalue weighted by Gasteiger charge is -2.32. The van der Waals surface area contributed by atoms with Crippen molar-refractivity contribution < 1.29 is 22.4 Å². The molecular formula is C27H30FN3O4S. The molecule has 0 saturated carbocycles. The molecule has 1 N–H and O–H groups in total. The van der Waals surface area contributed by atoms with Crippen LogP contribution in [-0.2, 0) is 26.2 Å². The Bertz CT molecular complexity index is 1280. The summed E-state index contributed by atoms with van der Waals surface area (Å²) in [5, 5.41) is 2.70. The van der Waals surface area contributed by atoms with Crippen LogP contribution in [0.15, 0.2) is 83.8 Å². The van der Waals surface area contributed by atoms with E-state index in [2.05, 4.69) is 5.32 Å². The number of amides is 2. The summed E-state index contributed by atoms with van der Waals surface area (Å²) in [6.07, 6.45) is 0. The highest BCUT2D eigenvalue weighted by Gasteiger charge is 2.32. The number of rotatable bonds is 10. The number of hydrogen-bond acceptors (Lipinski definition) is 4. The van der Waals surface area contributed by atoms with Crippen molar-refractivity contribution >= 4 is 27.5 Å². The molecule has 0 saturated heterocycles. The number of halogens is 1. The van der Waals surface area contributed by atoms with E-state index in [4.69, 9.17) is 0 Å². The minimum Gasteiger partial charge on any atom is -0.355 e. The number of carbonyl (C=O) groups is 2. The van der Waals surface area contributed by atoms with Gasteiger partial charge < -0.3 is 10.2 Å². The molecule has 2 amide bonds. The van der Waals surface area contributed by atoms with E-state index in [-0.39, 0.29) is 17.3 Å². The zero-order valence-corrected chi connectivity index (χ0v) is 21.3. The van der Waals surface area contributed by atoms with Crippen molar-refractivity contribution in [2.24, 2.45) is 0 Å². The van der Waals surface area contributed by atoms with Crippen molar-refractivity contribution in [3.05, 3.63) is 95.8 Å². The smallest absolute Gasteiger partial charge is 0.264 e. The summed E-state index contributed by atoms with van der Waals surface area (Å²) in [4.78, 5) is 27.6. The fourth-order valence-electron chi connectivity index (χ4n) is 3.65. The van der Waals surface area contributed by atoms with Gasteiger partial charge in [-0.2, -0.15) is 0 Å². The summed E-state index contributed by atoms with van der Waals surface area (Å²) in [5.74, 6) is -1.37. The lowest BCUT2D eigenvalue weighted by atomic mass is 10.1. The molecule has 0 aliphatic rings. The molecule has 1 atom stereocenters. The van der Waals surface area contributed by atoms with Gasteiger partial charge in [0.2, 0.25) is 11.8 Å². The van der Waals surface area contributed by atoms with Crippen LogP contribution in [0.5, 0.6) is 0 Å². The van der Waals surface area contributed by atoms with E-state index >= 15 is 0 Å². The van der Waals surface area contributed by atoms with Crippen molar-refractivity contribution in [2.45, 2.75) is 38.3 Å². The third-order valence-corrected chi connectivity index (χ3v) is 7.50. The summed E-state index contributed by atoms with van der Waals surface area (Å²) >= 11 is 0. The molecule has 0 spiro atoms. The van der Waals surface area contributed by atoms with Crippen LogP contribution in [0.4, 0.5) is 10.1 Å². The monoisotopic (exact) mass is 511 g/mol. The number of benzene rings is 3. The zero-order chi connectivity index (χ0) is 26.3. The van der Waals surface area contributed by atoms with Crippen molar-refractivity contribution in [2.75, 3.05) is 17.4 Å². The third-order valence-electron chi connectivity index (χ3n) is 5.72. The van der Waals surface area contributed by atoms with Gasteiger partial charge in [-0.25, -0.2) is 12.8 Å². The highest BCUT2D eigenvalue weighted by atomic mass is 32.2. The van der Waals surface area contributed by atoms with Crippen LogP contribution in [0.25, 0.3) is 0 Å². The molecule has 0 unspecified atom stereocenters. The van der Waals surface area contributed by atoms with Crippen molar-refractivity contribution in [3.63, 3.8) is 0 Å². The molecule has 0 heterocycles. The Labute approximate surface area is 211 Å². The Kier molecular flexibility index (Phi) is 8.82. The molecular weight excluding hydrogens is 481 g/mol. The average molecular weight is 512 g/mol. The van der Waals surface area contributed by atoms with Crippen LogP contribution in [0.1, 0.15) is 25.0 Å². The molecule has 0 aromatic heterocycles. The maximum Gasteiger partial charge on any atom is 0.264 e. The van der Waals surface area contributed by atoms with Crippen LogP contribution < -0.4 is 9.62 Å². The minimum absolute atomic E-state index is 0.00459. The first-order chi connectivity index (χ1) is 17.1. The molecule has 3 aromatic rings. The van der Waals surface area contributed by atoms with Crippen molar-refractivity contribution in [1.29, 1.82) is 0 Å². The highest BCUT2D eigenvalue weighted by molar-refractivity contribution is 7.92. The number of aryl methyl sites for hydroxylation is 1. The number of carbonyl (C=O) groups excluding carboxylic acids is 2. The van der Waals surface area contributed by atoms with Gasteiger partial charge in [0.1, 0.15) is 18.4 Å². The quantitative estimate of drug-likeness (QED) is 0.448. The molecule has 0 aliphatic carbocycles. The first-order valence-electron chi connectivity index (χ1n) is 11.6. The van der Waals surface area contributed by atoms with Gasteiger partial charge in [-0.3, -0.25) is 13.9 Å². The fraction of sp³-hybridized carbons (Fsp3) is 0.259. The van der Waals surface area contributed by atoms with Gasteiger partial charge >= 0.3 is 0 Å². The van der Waals surface area contributed by atoms with E-state index in [1.165, 1.54) is 41.3 Å². The summed E-state index contributed by atoms with van der Waals surface area (Å²) < 4.78 is 41.7. The molecule has 7 nitrogen and oxygen atoms in total. The Balaban J connectivity index is 1.99. The standard InChI is InChI=1S/C27H30FN3O4S/c1-4-29-27(33)21(3)30(18-22-12-14-23(28)15-13-22)26(32)19-31(24-8-6-5-7-9-24)36(34,35)25-16-10-20(2)11-17-25/h5-17,21H,4,18-19H2,1-3H3,(H,29,33)/t21-/m0/s1. The summed E-state index contributed by atoms with van der Waals surface area (Å²) in [6.45, 7) is 5.05. The molecule has 0 radical (unpaired) electrons. The molecule has 3 aromatic carbocycles. The van der Waals surface area contributed by atoms with E-state index < -0.39 is 34.3 Å². The SMILES string of the molecule is CCNC(=O)[C@H](C)N(Cc1ccc(F)cc1)C(=O)CN(c1ccccc1)S(=O)(=O)c1ccc(C)cc1. The predicted octanol–water partition coefficient (Wildman–Crippen LogP) is 3.88. The average Bonchev–Trinajstić information content (AvgIpc) is 2.87. The summed E-state index contributed by atoms with van der Waals surface area (Å²) in [7, 11) is -4.10. The van der Waals surface area contributed by atoms with Crippen LogP contribution in [0.3, 0.4) is 0 Å². The van der Waals surface area contributed by atoms with Crippen LogP contribution in [0, 0.1) is 12.7 Å². The summed E-state index contributed by atoms with van der Waals surface area (Å²) in [6, 6.07) is 19.4. The van der Waals surface area contributed by atoms with E-state index in [9.17, 15) is 22.4 Å². The van der Waals surface area contributed by atoms with Gasteiger partial charge in [0.25, 0.3) is 10.0 Å². The van der Waals surface area contributed by atoms with Crippen molar-refractivity contribution in [1.82, 2.24) is 10.2 Å². The van der Waals surface area contributed by atoms with E-state index in [0.29, 0.717) is 17.8 Å². The van der Waals surface area contributed by atoms with Gasteiger partial charge in [0.05, 0.1) is 10.6 Å². The largest absolute Gasteiger partial charge is 0.355 e. The number of sulfonamides is 1. The lowest BCUT2D eigenvalue weighted by Crippen LogP contribution is -2.51. The molecule has 9 heteroatoms. The number of para-hydroxylation sites is 1. The second-order valence-electron chi connectivity index (χ2n) is 8.38. The lowest BCUT2D eigenvalue weighted by molar-refractivity contribution is -0.139. The number of nitrogens with one attached hydrogen (secondary N) is 1. The minimum atomic E-state index is -4.10.